The lowest BCUT2D eigenvalue weighted by Gasteiger charge is -2.07. The Kier molecular flexibility index (Phi) is 3.88. The average Bonchev–Trinajstić information content (AvgIpc) is 3.36. The number of hydrogen-bond donors (Lipinski definition) is 0. The van der Waals surface area contributed by atoms with Gasteiger partial charge in [-0.2, -0.15) is 0 Å². The molecule has 0 spiro atoms. The first kappa shape index (κ1) is 16.0. The summed E-state index contributed by atoms with van der Waals surface area (Å²) in [6.45, 7) is 2.21. The highest BCUT2D eigenvalue weighted by Crippen LogP contribution is 2.44. The number of benzene rings is 2. The quantitative estimate of drug-likeness (QED) is 0.346. The number of pyridine rings is 1. The van der Waals surface area contributed by atoms with Gasteiger partial charge in [0.05, 0.1) is 16.1 Å². The van der Waals surface area contributed by atoms with Crippen LogP contribution in [0.1, 0.15) is 5.56 Å². The first-order valence-electron chi connectivity index (χ1n) is 8.98. The zero-order valence-corrected chi connectivity index (χ0v) is 15.8. The van der Waals surface area contributed by atoms with Crippen LogP contribution in [0.2, 0.25) is 0 Å². The van der Waals surface area contributed by atoms with E-state index < -0.39 is 0 Å². The third kappa shape index (κ3) is 2.77. The van der Waals surface area contributed by atoms with Crippen LogP contribution < -0.4 is 0 Å². The van der Waals surface area contributed by atoms with E-state index in [0.717, 1.165) is 5.52 Å². The molecule has 0 aliphatic rings. The van der Waals surface area contributed by atoms with Gasteiger partial charge in [0.2, 0.25) is 0 Å². The van der Waals surface area contributed by atoms with Crippen molar-refractivity contribution in [2.45, 2.75) is 6.92 Å². The van der Waals surface area contributed by atoms with E-state index in [0.29, 0.717) is 0 Å². The molecule has 0 fully saturated rings. The van der Waals surface area contributed by atoms with E-state index in [-0.39, 0.29) is 0 Å². The van der Waals surface area contributed by atoms with Crippen LogP contribution in [0.5, 0.6) is 0 Å². The van der Waals surface area contributed by atoms with E-state index in [1.54, 1.807) is 0 Å². The fourth-order valence-electron chi connectivity index (χ4n) is 3.56. The highest BCUT2D eigenvalue weighted by atomic mass is 32.1. The van der Waals surface area contributed by atoms with Crippen molar-refractivity contribution in [3.8, 4) is 26.6 Å². The Morgan fingerprint density at radius 3 is 2.33 bits per heavy atom. The van der Waals surface area contributed by atoms with Gasteiger partial charge >= 0.3 is 0 Å². The van der Waals surface area contributed by atoms with E-state index in [1.807, 2.05) is 23.6 Å². The van der Waals surface area contributed by atoms with Gasteiger partial charge in [0.1, 0.15) is 0 Å². The van der Waals surface area contributed by atoms with Crippen LogP contribution >= 0.6 is 11.3 Å². The van der Waals surface area contributed by atoms with Gasteiger partial charge in [-0.05, 0) is 42.3 Å². The van der Waals surface area contributed by atoms with E-state index in [1.165, 1.54) is 37.5 Å². The predicted octanol–water partition coefficient (Wildman–Crippen LogP) is 6.73. The van der Waals surface area contributed by atoms with E-state index in [9.17, 15) is 0 Å². The van der Waals surface area contributed by atoms with Crippen molar-refractivity contribution in [1.82, 2.24) is 9.55 Å². The molecule has 3 heterocycles. The number of aromatic nitrogens is 2. The molecule has 3 aromatic heterocycles. The molecule has 0 amide bonds. The Morgan fingerprint density at radius 1 is 0.778 bits per heavy atom. The van der Waals surface area contributed by atoms with Crippen molar-refractivity contribution in [2.24, 2.45) is 0 Å². The molecule has 0 N–H and O–H groups in total. The second-order valence-corrected chi connectivity index (χ2v) is 7.63. The Morgan fingerprint density at radius 2 is 1.52 bits per heavy atom. The van der Waals surface area contributed by atoms with Crippen molar-refractivity contribution in [3.63, 3.8) is 0 Å². The van der Waals surface area contributed by atoms with Crippen LogP contribution in [0.25, 0.3) is 37.5 Å². The van der Waals surface area contributed by atoms with Gasteiger partial charge in [0.15, 0.2) is 0 Å². The predicted molar refractivity (Wildman–Crippen MR) is 115 cm³/mol. The lowest BCUT2D eigenvalue weighted by molar-refractivity contribution is 1.07. The summed E-state index contributed by atoms with van der Waals surface area (Å²) in [5.74, 6) is 0. The molecule has 0 aliphatic heterocycles. The SMILES string of the molecule is Cc1c(-c2cnc3ccccc3c2)sc(-c2ccccc2)c1-n1cccc1. The summed E-state index contributed by atoms with van der Waals surface area (Å²) >= 11 is 1.84. The zero-order valence-electron chi connectivity index (χ0n) is 15.0. The second kappa shape index (κ2) is 6.53. The molecule has 0 atom stereocenters. The number of para-hydroxylation sites is 1. The molecule has 27 heavy (non-hydrogen) atoms. The van der Waals surface area contributed by atoms with Crippen LogP contribution in [0.4, 0.5) is 0 Å². The maximum absolute atomic E-state index is 4.67. The van der Waals surface area contributed by atoms with E-state index in [4.69, 9.17) is 0 Å². The summed E-state index contributed by atoms with van der Waals surface area (Å²) in [6.07, 6.45) is 6.23. The minimum absolute atomic E-state index is 1.03. The number of nitrogens with zero attached hydrogens (tertiary/aromatic N) is 2. The molecule has 0 bridgehead atoms. The molecule has 5 aromatic rings. The molecule has 130 valence electrons. The van der Waals surface area contributed by atoms with Gasteiger partial charge in [0, 0.05) is 34.4 Å². The molecule has 0 unspecified atom stereocenters. The summed E-state index contributed by atoms with van der Waals surface area (Å²) < 4.78 is 2.21. The van der Waals surface area contributed by atoms with Crippen molar-refractivity contribution in [2.75, 3.05) is 0 Å². The van der Waals surface area contributed by atoms with Crippen molar-refractivity contribution >= 4 is 22.2 Å². The van der Waals surface area contributed by atoms with Crippen molar-refractivity contribution in [1.29, 1.82) is 0 Å². The van der Waals surface area contributed by atoms with Crippen LogP contribution in [-0.2, 0) is 0 Å². The largest absolute Gasteiger partial charge is 0.322 e. The smallest absolute Gasteiger partial charge is 0.0702 e. The van der Waals surface area contributed by atoms with Gasteiger partial charge in [-0.1, -0.05) is 48.5 Å². The molecule has 3 heteroatoms. The van der Waals surface area contributed by atoms with Gasteiger partial charge < -0.3 is 4.57 Å². The number of fused-ring (bicyclic) bond motifs is 1. The van der Waals surface area contributed by atoms with Crippen LogP contribution in [0, 0.1) is 6.92 Å². The van der Waals surface area contributed by atoms with E-state index in [2.05, 4.69) is 95.6 Å². The molecule has 0 radical (unpaired) electrons. The third-order valence-electron chi connectivity index (χ3n) is 4.87. The molecular formula is C24H18N2S. The summed E-state index contributed by atoms with van der Waals surface area (Å²) in [5, 5.41) is 1.17. The highest BCUT2D eigenvalue weighted by molar-refractivity contribution is 7.19. The van der Waals surface area contributed by atoms with Crippen LogP contribution in [0.3, 0.4) is 0 Å². The fourth-order valence-corrected chi connectivity index (χ4v) is 4.85. The standard InChI is InChI=1S/C24H18N2S/c1-17-22(26-13-7-8-14-26)24(18-9-3-2-4-10-18)27-23(17)20-15-19-11-5-6-12-21(19)25-16-20/h2-16H,1H3. The van der Waals surface area contributed by atoms with Crippen LogP contribution in [-0.4, -0.2) is 9.55 Å². The monoisotopic (exact) mass is 366 g/mol. The maximum atomic E-state index is 4.67. The third-order valence-corrected chi connectivity index (χ3v) is 6.25. The Bertz CT molecular complexity index is 1220. The normalized spacial score (nSPS) is 11.1. The Hall–Kier alpha value is -3.17. The molecule has 2 aromatic carbocycles. The molecule has 0 saturated heterocycles. The first-order chi connectivity index (χ1) is 13.3. The molecular weight excluding hydrogens is 348 g/mol. The number of thiophene rings is 1. The minimum Gasteiger partial charge on any atom is -0.322 e. The lowest BCUT2D eigenvalue weighted by Crippen LogP contribution is -1.93. The first-order valence-corrected chi connectivity index (χ1v) is 9.80. The van der Waals surface area contributed by atoms with Gasteiger partial charge in [-0.15, -0.1) is 11.3 Å². The van der Waals surface area contributed by atoms with Crippen molar-refractivity contribution < 1.29 is 0 Å². The van der Waals surface area contributed by atoms with Crippen LogP contribution in [0.15, 0.2) is 91.4 Å². The molecule has 0 saturated carbocycles. The van der Waals surface area contributed by atoms with E-state index >= 15 is 0 Å². The zero-order chi connectivity index (χ0) is 18.2. The Labute approximate surface area is 162 Å². The summed E-state index contributed by atoms with van der Waals surface area (Å²) in [7, 11) is 0. The lowest BCUT2D eigenvalue weighted by atomic mass is 10.1. The highest BCUT2D eigenvalue weighted by Gasteiger charge is 2.19. The topological polar surface area (TPSA) is 17.8 Å². The van der Waals surface area contributed by atoms with Crippen molar-refractivity contribution in [3.05, 3.63) is 97.0 Å². The number of hydrogen-bond acceptors (Lipinski definition) is 2. The summed E-state index contributed by atoms with van der Waals surface area (Å²) in [6, 6.07) is 25.3. The van der Waals surface area contributed by atoms with Gasteiger partial charge in [-0.25, -0.2) is 0 Å². The second-order valence-electron chi connectivity index (χ2n) is 6.61. The fraction of sp³-hybridized carbons (Fsp3) is 0.0417. The molecule has 2 nitrogen and oxygen atoms in total. The Balaban J connectivity index is 1.75. The maximum Gasteiger partial charge on any atom is 0.0702 e. The molecule has 5 rings (SSSR count). The molecule has 0 aliphatic carbocycles. The van der Waals surface area contributed by atoms with Gasteiger partial charge in [0.25, 0.3) is 0 Å². The summed E-state index contributed by atoms with van der Waals surface area (Å²) in [4.78, 5) is 7.23. The number of rotatable bonds is 3. The summed E-state index contributed by atoms with van der Waals surface area (Å²) in [5.41, 5.74) is 5.98. The minimum atomic E-state index is 1.03. The van der Waals surface area contributed by atoms with Gasteiger partial charge in [-0.3, -0.25) is 4.98 Å². The average molecular weight is 366 g/mol.